The molecule has 0 radical (unpaired) electrons. The van der Waals surface area contributed by atoms with E-state index < -0.39 is 11.6 Å². The van der Waals surface area contributed by atoms with Crippen LogP contribution in [0.1, 0.15) is 40.0 Å². The zero-order valence-corrected chi connectivity index (χ0v) is 9.00. The molecule has 0 bridgehead atoms. The Kier molecular flexibility index (Phi) is 2.76. The second-order valence-electron chi connectivity index (χ2n) is 5.16. The first-order valence-corrected chi connectivity index (χ1v) is 4.96. The molecule has 0 saturated heterocycles. The topological polar surface area (TPSA) is 69.6 Å². The minimum Gasteiger partial charge on any atom is -0.465 e. The Morgan fingerprint density at radius 1 is 1.50 bits per heavy atom. The van der Waals surface area contributed by atoms with E-state index in [0.717, 1.165) is 0 Å². The fourth-order valence-electron chi connectivity index (χ4n) is 2.21. The van der Waals surface area contributed by atoms with E-state index in [-0.39, 0.29) is 11.5 Å². The number of aliphatic hydroxyl groups is 1. The van der Waals surface area contributed by atoms with Gasteiger partial charge in [-0.15, -0.1) is 0 Å². The van der Waals surface area contributed by atoms with Crippen LogP contribution in [-0.4, -0.2) is 27.9 Å². The number of rotatable bonds is 1. The molecule has 1 rings (SSSR count). The van der Waals surface area contributed by atoms with Crippen LogP contribution in [0.2, 0.25) is 0 Å². The number of carbonyl (C=O) groups is 1. The standard InChI is InChI=1S/C10H19NO3/c1-9(2,3)10(11-8(13)14)5-4-7(12)6-10/h7,11-12H,4-6H2,1-3H3,(H,13,14)/t7-,10?/m0/s1. The maximum Gasteiger partial charge on any atom is 0.405 e. The molecular formula is C10H19NO3. The van der Waals surface area contributed by atoms with Crippen molar-refractivity contribution in [3.63, 3.8) is 0 Å². The minimum absolute atomic E-state index is 0.164. The Morgan fingerprint density at radius 3 is 2.36 bits per heavy atom. The van der Waals surface area contributed by atoms with E-state index in [1.54, 1.807) is 0 Å². The van der Waals surface area contributed by atoms with E-state index in [0.29, 0.717) is 19.3 Å². The molecule has 1 aliphatic carbocycles. The fraction of sp³-hybridized carbons (Fsp3) is 0.900. The van der Waals surface area contributed by atoms with Crippen LogP contribution in [0.4, 0.5) is 4.79 Å². The van der Waals surface area contributed by atoms with Gasteiger partial charge in [0.2, 0.25) is 0 Å². The lowest BCUT2D eigenvalue weighted by molar-refractivity contribution is 0.102. The second kappa shape index (κ2) is 3.42. The Morgan fingerprint density at radius 2 is 2.07 bits per heavy atom. The van der Waals surface area contributed by atoms with Crippen molar-refractivity contribution >= 4 is 6.09 Å². The summed E-state index contributed by atoms with van der Waals surface area (Å²) in [7, 11) is 0. The second-order valence-corrected chi connectivity index (χ2v) is 5.16. The summed E-state index contributed by atoms with van der Waals surface area (Å²) < 4.78 is 0. The summed E-state index contributed by atoms with van der Waals surface area (Å²) in [5.41, 5.74) is -0.638. The van der Waals surface area contributed by atoms with Crippen molar-refractivity contribution in [1.82, 2.24) is 5.32 Å². The quantitative estimate of drug-likeness (QED) is 0.603. The smallest absolute Gasteiger partial charge is 0.405 e. The number of hydrogen-bond donors (Lipinski definition) is 3. The van der Waals surface area contributed by atoms with E-state index in [1.807, 2.05) is 20.8 Å². The normalized spacial score (nSPS) is 33.0. The van der Waals surface area contributed by atoms with Gasteiger partial charge < -0.3 is 15.5 Å². The van der Waals surface area contributed by atoms with Gasteiger partial charge in [-0.25, -0.2) is 4.79 Å². The van der Waals surface area contributed by atoms with Gasteiger partial charge in [0, 0.05) is 0 Å². The largest absolute Gasteiger partial charge is 0.465 e. The first-order chi connectivity index (χ1) is 6.27. The molecule has 0 spiro atoms. The molecule has 4 nitrogen and oxygen atoms in total. The van der Waals surface area contributed by atoms with Gasteiger partial charge >= 0.3 is 6.09 Å². The zero-order valence-electron chi connectivity index (χ0n) is 9.00. The number of nitrogens with one attached hydrogen (secondary N) is 1. The number of carboxylic acid groups (broad SMARTS) is 1. The predicted octanol–water partition coefficient (Wildman–Crippen LogP) is 1.58. The van der Waals surface area contributed by atoms with Crippen molar-refractivity contribution in [2.75, 3.05) is 0 Å². The molecule has 3 N–H and O–H groups in total. The summed E-state index contributed by atoms with van der Waals surface area (Å²) in [4.78, 5) is 10.7. The predicted molar refractivity (Wildman–Crippen MR) is 53.2 cm³/mol. The van der Waals surface area contributed by atoms with E-state index in [1.165, 1.54) is 0 Å². The third-order valence-corrected chi connectivity index (χ3v) is 3.27. The zero-order chi connectivity index (χ0) is 11.0. The third-order valence-electron chi connectivity index (χ3n) is 3.27. The summed E-state index contributed by atoms with van der Waals surface area (Å²) in [6.07, 6.45) is 0.528. The van der Waals surface area contributed by atoms with Crippen LogP contribution >= 0.6 is 0 Å². The molecule has 1 aliphatic rings. The third kappa shape index (κ3) is 2.00. The molecule has 82 valence electrons. The minimum atomic E-state index is -1.01. The lowest BCUT2D eigenvalue weighted by Crippen LogP contribution is -2.55. The Balaban J connectivity index is 2.86. The van der Waals surface area contributed by atoms with Gasteiger partial charge in [0.25, 0.3) is 0 Å². The maximum atomic E-state index is 10.7. The summed E-state index contributed by atoms with van der Waals surface area (Å²) in [5.74, 6) is 0. The van der Waals surface area contributed by atoms with Crippen molar-refractivity contribution < 1.29 is 15.0 Å². The molecule has 1 fully saturated rings. The number of aliphatic hydroxyl groups excluding tert-OH is 1. The first-order valence-electron chi connectivity index (χ1n) is 4.96. The number of hydrogen-bond acceptors (Lipinski definition) is 2. The summed E-state index contributed by atoms with van der Waals surface area (Å²) in [5, 5.41) is 20.9. The molecule has 0 aromatic rings. The average molecular weight is 201 g/mol. The van der Waals surface area contributed by atoms with Gasteiger partial charge in [-0.2, -0.15) is 0 Å². The highest BCUT2D eigenvalue weighted by atomic mass is 16.4. The highest BCUT2D eigenvalue weighted by Gasteiger charge is 2.48. The molecule has 14 heavy (non-hydrogen) atoms. The van der Waals surface area contributed by atoms with Gasteiger partial charge in [-0.1, -0.05) is 20.8 Å². The fourth-order valence-corrected chi connectivity index (χ4v) is 2.21. The van der Waals surface area contributed by atoms with Crippen LogP contribution < -0.4 is 5.32 Å². The average Bonchev–Trinajstić information content (AvgIpc) is 2.29. The Bertz CT molecular complexity index is 234. The molecule has 4 heteroatoms. The van der Waals surface area contributed by atoms with Crippen LogP contribution in [0, 0.1) is 5.41 Å². The molecule has 0 heterocycles. The van der Waals surface area contributed by atoms with Crippen LogP contribution in [-0.2, 0) is 0 Å². The highest BCUT2D eigenvalue weighted by molar-refractivity contribution is 5.66. The molecular weight excluding hydrogens is 182 g/mol. The molecule has 1 amide bonds. The van der Waals surface area contributed by atoms with Gasteiger partial charge in [-0.3, -0.25) is 0 Å². The van der Waals surface area contributed by atoms with E-state index in [2.05, 4.69) is 5.32 Å². The maximum absolute atomic E-state index is 10.7. The number of amides is 1. The molecule has 1 saturated carbocycles. The lowest BCUT2D eigenvalue weighted by Gasteiger charge is -2.41. The van der Waals surface area contributed by atoms with Gasteiger partial charge in [0.15, 0.2) is 0 Å². The first kappa shape index (κ1) is 11.3. The van der Waals surface area contributed by atoms with Crippen molar-refractivity contribution in [3.05, 3.63) is 0 Å². The van der Waals surface area contributed by atoms with Gasteiger partial charge in [0.1, 0.15) is 0 Å². The molecule has 2 atom stereocenters. The van der Waals surface area contributed by atoms with E-state index in [9.17, 15) is 9.90 Å². The van der Waals surface area contributed by atoms with Crippen molar-refractivity contribution in [3.8, 4) is 0 Å². The van der Waals surface area contributed by atoms with Gasteiger partial charge in [0.05, 0.1) is 11.6 Å². The van der Waals surface area contributed by atoms with Crippen LogP contribution in [0.25, 0.3) is 0 Å². The van der Waals surface area contributed by atoms with Crippen molar-refractivity contribution in [2.45, 2.75) is 51.7 Å². The van der Waals surface area contributed by atoms with E-state index >= 15 is 0 Å². The molecule has 1 unspecified atom stereocenters. The van der Waals surface area contributed by atoms with Gasteiger partial charge in [-0.05, 0) is 24.7 Å². The molecule has 0 aromatic heterocycles. The monoisotopic (exact) mass is 201 g/mol. The van der Waals surface area contributed by atoms with E-state index in [4.69, 9.17) is 5.11 Å². The Hall–Kier alpha value is -0.770. The van der Waals surface area contributed by atoms with Crippen LogP contribution in [0.3, 0.4) is 0 Å². The van der Waals surface area contributed by atoms with Crippen LogP contribution in [0.5, 0.6) is 0 Å². The lowest BCUT2D eigenvalue weighted by atomic mass is 9.72. The molecule has 0 aromatic carbocycles. The highest BCUT2D eigenvalue weighted by Crippen LogP contribution is 2.43. The molecule has 0 aliphatic heterocycles. The Labute approximate surface area is 84.3 Å². The SMILES string of the molecule is CC(C)(C)C1(NC(=O)O)CC[C@H](O)C1. The summed E-state index contributed by atoms with van der Waals surface area (Å²) in [6, 6.07) is 0. The summed E-state index contributed by atoms with van der Waals surface area (Å²) >= 11 is 0. The summed E-state index contributed by atoms with van der Waals surface area (Å²) in [6.45, 7) is 6.00. The van der Waals surface area contributed by atoms with Crippen molar-refractivity contribution in [2.24, 2.45) is 5.41 Å². The van der Waals surface area contributed by atoms with Crippen molar-refractivity contribution in [1.29, 1.82) is 0 Å². The van der Waals surface area contributed by atoms with Crippen LogP contribution in [0.15, 0.2) is 0 Å².